The van der Waals surface area contributed by atoms with Crippen LogP contribution in [0.25, 0.3) is 17.1 Å². The minimum absolute atomic E-state index is 0.139. The van der Waals surface area contributed by atoms with E-state index in [-0.39, 0.29) is 11.7 Å². The lowest BCUT2D eigenvalue weighted by Crippen LogP contribution is -2.21. The highest BCUT2D eigenvalue weighted by Gasteiger charge is 2.17. The van der Waals surface area contributed by atoms with Crippen LogP contribution in [-0.4, -0.2) is 44.2 Å². The molecule has 1 N–H and O–H groups in total. The highest BCUT2D eigenvalue weighted by Crippen LogP contribution is 2.29. The third-order valence-electron chi connectivity index (χ3n) is 5.05. The number of hydrogen-bond acceptors (Lipinski definition) is 7. The third-order valence-corrected chi connectivity index (χ3v) is 5.98. The molecule has 0 saturated heterocycles. The first kappa shape index (κ1) is 23.2. The lowest BCUT2D eigenvalue weighted by Gasteiger charge is -2.11. The number of hydrogen-bond donors (Lipinski definition) is 1. The van der Waals surface area contributed by atoms with Gasteiger partial charge >= 0.3 is 0 Å². The van der Waals surface area contributed by atoms with Gasteiger partial charge in [0.15, 0.2) is 11.0 Å². The van der Waals surface area contributed by atoms with E-state index in [0.717, 1.165) is 28.1 Å². The van der Waals surface area contributed by atoms with Gasteiger partial charge in [-0.1, -0.05) is 29.5 Å². The van der Waals surface area contributed by atoms with Gasteiger partial charge in [0.1, 0.15) is 5.75 Å². The summed E-state index contributed by atoms with van der Waals surface area (Å²) in [7, 11) is 1.63. The molecule has 0 aliphatic rings. The molecule has 2 aromatic heterocycles. The summed E-state index contributed by atoms with van der Waals surface area (Å²) in [6.45, 7) is 3.87. The van der Waals surface area contributed by atoms with E-state index in [1.165, 1.54) is 11.8 Å². The predicted octanol–water partition coefficient (Wildman–Crippen LogP) is 4.28. The Hall–Kier alpha value is -3.98. The van der Waals surface area contributed by atoms with Crippen LogP contribution in [0.3, 0.4) is 0 Å². The van der Waals surface area contributed by atoms with Crippen LogP contribution in [0, 0.1) is 6.92 Å². The molecule has 0 aliphatic carbocycles. The fourth-order valence-electron chi connectivity index (χ4n) is 3.18. The standard InChI is InChI=1S/C25H24N6O2S/c1-17-4-8-21(9-5-17)31-24(20-6-10-22(33-3)11-7-20)29-30-25(31)34-16-23(32)28-27-18(2)19-12-14-26-15-13-19/h4-15H,16H2,1-3H3,(H,28,32)/b27-18-. The Labute approximate surface area is 202 Å². The van der Waals surface area contributed by atoms with Gasteiger partial charge in [-0.3, -0.25) is 14.3 Å². The van der Waals surface area contributed by atoms with Gasteiger partial charge in [-0.25, -0.2) is 5.43 Å². The quantitative estimate of drug-likeness (QED) is 0.234. The average molecular weight is 473 g/mol. The zero-order chi connectivity index (χ0) is 23.9. The molecule has 0 spiro atoms. The van der Waals surface area contributed by atoms with Crippen LogP contribution in [0.15, 0.2) is 83.3 Å². The van der Waals surface area contributed by atoms with Crippen molar-refractivity contribution in [3.05, 3.63) is 84.2 Å². The maximum absolute atomic E-state index is 12.5. The van der Waals surface area contributed by atoms with Crippen LogP contribution in [0.4, 0.5) is 0 Å². The smallest absolute Gasteiger partial charge is 0.250 e. The second kappa shape index (κ2) is 10.8. The number of hydrazone groups is 1. The van der Waals surface area contributed by atoms with Gasteiger partial charge in [0.05, 0.1) is 18.6 Å². The van der Waals surface area contributed by atoms with Crippen LogP contribution in [-0.2, 0) is 4.79 Å². The molecule has 4 rings (SSSR count). The second-order valence-electron chi connectivity index (χ2n) is 7.46. The maximum atomic E-state index is 12.5. The lowest BCUT2D eigenvalue weighted by molar-refractivity contribution is -0.118. The Morgan fingerprint density at radius 3 is 2.41 bits per heavy atom. The van der Waals surface area contributed by atoms with Crippen molar-refractivity contribution in [1.29, 1.82) is 0 Å². The SMILES string of the molecule is COc1ccc(-c2nnc(SCC(=O)N/N=C(/C)c3ccncc3)n2-c2ccc(C)cc2)cc1. The van der Waals surface area contributed by atoms with Crippen molar-refractivity contribution in [2.24, 2.45) is 5.10 Å². The molecular formula is C25H24N6O2S. The summed E-state index contributed by atoms with van der Waals surface area (Å²) in [6, 6.07) is 19.4. The topological polar surface area (TPSA) is 94.3 Å². The summed E-state index contributed by atoms with van der Waals surface area (Å²) in [5.41, 5.74) is 7.16. The molecule has 0 saturated carbocycles. The van der Waals surface area contributed by atoms with Gasteiger partial charge in [-0.15, -0.1) is 10.2 Å². The summed E-state index contributed by atoms with van der Waals surface area (Å²) in [5.74, 6) is 1.35. The van der Waals surface area contributed by atoms with Crippen LogP contribution >= 0.6 is 11.8 Å². The van der Waals surface area contributed by atoms with Gasteiger partial charge in [0.2, 0.25) is 0 Å². The largest absolute Gasteiger partial charge is 0.497 e. The van der Waals surface area contributed by atoms with Crippen molar-refractivity contribution in [3.63, 3.8) is 0 Å². The van der Waals surface area contributed by atoms with E-state index in [1.54, 1.807) is 19.5 Å². The first-order chi connectivity index (χ1) is 16.5. The van der Waals surface area contributed by atoms with E-state index in [2.05, 4.69) is 25.7 Å². The Morgan fingerprint density at radius 2 is 1.74 bits per heavy atom. The zero-order valence-corrected chi connectivity index (χ0v) is 19.9. The Bertz CT molecular complexity index is 1290. The Morgan fingerprint density at radius 1 is 1.03 bits per heavy atom. The number of pyridine rings is 1. The highest BCUT2D eigenvalue weighted by molar-refractivity contribution is 7.99. The minimum Gasteiger partial charge on any atom is -0.497 e. The number of ether oxygens (including phenoxy) is 1. The lowest BCUT2D eigenvalue weighted by atomic mass is 10.2. The molecule has 2 heterocycles. The van der Waals surface area contributed by atoms with Crippen LogP contribution in [0.2, 0.25) is 0 Å². The molecule has 9 heteroatoms. The normalized spacial score (nSPS) is 11.3. The van der Waals surface area contributed by atoms with Crippen molar-refractivity contribution in [1.82, 2.24) is 25.2 Å². The molecule has 1 amide bonds. The van der Waals surface area contributed by atoms with Crippen LogP contribution < -0.4 is 10.2 Å². The summed E-state index contributed by atoms with van der Waals surface area (Å²) in [6.07, 6.45) is 3.37. The predicted molar refractivity (Wildman–Crippen MR) is 133 cm³/mol. The fourth-order valence-corrected chi connectivity index (χ4v) is 3.93. The number of benzene rings is 2. The Balaban J connectivity index is 1.54. The van der Waals surface area contributed by atoms with Crippen molar-refractivity contribution < 1.29 is 9.53 Å². The van der Waals surface area contributed by atoms with Gasteiger partial charge in [-0.2, -0.15) is 5.10 Å². The molecule has 0 radical (unpaired) electrons. The molecule has 0 unspecified atom stereocenters. The summed E-state index contributed by atoms with van der Waals surface area (Å²) in [4.78, 5) is 16.5. The molecule has 8 nitrogen and oxygen atoms in total. The van der Waals surface area contributed by atoms with Gasteiger partial charge in [0.25, 0.3) is 5.91 Å². The van der Waals surface area contributed by atoms with E-state index < -0.39 is 0 Å². The summed E-state index contributed by atoms with van der Waals surface area (Å²) < 4.78 is 7.22. The molecule has 0 atom stereocenters. The van der Waals surface area contributed by atoms with E-state index >= 15 is 0 Å². The van der Waals surface area contributed by atoms with Crippen molar-refractivity contribution in [3.8, 4) is 22.8 Å². The number of nitrogens with one attached hydrogen (secondary N) is 1. The molecule has 0 fully saturated rings. The third kappa shape index (κ3) is 5.49. The molecule has 0 aliphatic heterocycles. The molecule has 4 aromatic rings. The number of aromatic nitrogens is 4. The number of methoxy groups -OCH3 is 1. The van der Waals surface area contributed by atoms with Crippen LogP contribution in [0.5, 0.6) is 5.75 Å². The van der Waals surface area contributed by atoms with Gasteiger partial charge in [-0.05, 0) is 62.4 Å². The fraction of sp³-hybridized carbons (Fsp3) is 0.160. The average Bonchev–Trinajstić information content (AvgIpc) is 3.31. The Kier molecular flexibility index (Phi) is 7.34. The number of aryl methyl sites for hydroxylation is 1. The first-order valence-electron chi connectivity index (χ1n) is 10.6. The number of nitrogens with zero attached hydrogens (tertiary/aromatic N) is 5. The van der Waals surface area contributed by atoms with Crippen molar-refractivity contribution in [2.45, 2.75) is 19.0 Å². The van der Waals surface area contributed by atoms with Gasteiger partial charge in [0, 0.05) is 29.2 Å². The maximum Gasteiger partial charge on any atom is 0.250 e. The van der Waals surface area contributed by atoms with E-state index in [9.17, 15) is 4.79 Å². The number of amides is 1. The number of thioether (sulfide) groups is 1. The van der Waals surface area contributed by atoms with E-state index in [1.807, 2.05) is 79.1 Å². The number of rotatable bonds is 8. The second-order valence-corrected chi connectivity index (χ2v) is 8.40. The van der Waals surface area contributed by atoms with Crippen molar-refractivity contribution >= 4 is 23.4 Å². The van der Waals surface area contributed by atoms with Crippen molar-refractivity contribution in [2.75, 3.05) is 12.9 Å². The van der Waals surface area contributed by atoms with Crippen LogP contribution in [0.1, 0.15) is 18.1 Å². The molecular weight excluding hydrogens is 448 g/mol. The summed E-state index contributed by atoms with van der Waals surface area (Å²) >= 11 is 1.30. The molecule has 34 heavy (non-hydrogen) atoms. The van der Waals surface area contributed by atoms with Gasteiger partial charge < -0.3 is 4.74 Å². The minimum atomic E-state index is -0.233. The number of carbonyl (C=O) groups is 1. The molecule has 0 bridgehead atoms. The molecule has 2 aromatic carbocycles. The monoisotopic (exact) mass is 472 g/mol. The molecule has 172 valence electrons. The highest BCUT2D eigenvalue weighted by atomic mass is 32.2. The summed E-state index contributed by atoms with van der Waals surface area (Å²) in [5, 5.41) is 13.6. The number of carbonyl (C=O) groups excluding carboxylic acids is 1. The zero-order valence-electron chi connectivity index (χ0n) is 19.1. The first-order valence-corrected chi connectivity index (χ1v) is 11.6. The van der Waals surface area contributed by atoms with E-state index in [4.69, 9.17) is 4.74 Å². The van der Waals surface area contributed by atoms with E-state index in [0.29, 0.717) is 16.7 Å².